The third-order valence-electron chi connectivity index (χ3n) is 5.26. The minimum atomic E-state index is -0.962. The zero-order chi connectivity index (χ0) is 21.1. The summed E-state index contributed by atoms with van der Waals surface area (Å²) in [6.07, 6.45) is 4.53. The molecule has 0 fully saturated rings. The number of esters is 2. The number of rotatable bonds is 6. The number of hydrogen-bond donors (Lipinski definition) is 1. The Balaban J connectivity index is 1.73. The van der Waals surface area contributed by atoms with Crippen LogP contribution in [0.4, 0.5) is 0 Å². The first-order valence-electron chi connectivity index (χ1n) is 10.1. The zero-order valence-electron chi connectivity index (χ0n) is 17.3. The second-order valence-corrected chi connectivity index (χ2v) is 8.51. The molecular weight excluding hydrogens is 390 g/mol. The smallest absolute Gasteiger partial charge is 0.349 e. The van der Waals surface area contributed by atoms with Gasteiger partial charge in [-0.25, -0.2) is 9.59 Å². The zero-order valence-corrected chi connectivity index (χ0v) is 18.2. The van der Waals surface area contributed by atoms with E-state index in [0.29, 0.717) is 21.7 Å². The van der Waals surface area contributed by atoms with E-state index in [4.69, 9.17) is 9.47 Å². The fraction of sp³-hybridized carbons (Fsp3) is 0.500. The van der Waals surface area contributed by atoms with Gasteiger partial charge in [0.1, 0.15) is 4.88 Å². The predicted octanol–water partition coefficient (Wildman–Crippen LogP) is 4.57. The van der Waals surface area contributed by atoms with Gasteiger partial charge in [0.2, 0.25) is 5.78 Å². The Morgan fingerprint density at radius 1 is 1.14 bits per heavy atom. The number of thiophene rings is 1. The number of hydrogen-bond acceptors (Lipinski definition) is 6. The van der Waals surface area contributed by atoms with E-state index in [1.165, 1.54) is 28.2 Å². The van der Waals surface area contributed by atoms with Crippen LogP contribution in [0.15, 0.2) is 6.07 Å². The van der Waals surface area contributed by atoms with Gasteiger partial charge in [-0.3, -0.25) is 4.79 Å². The number of aromatic nitrogens is 1. The molecule has 7 heteroatoms. The molecule has 0 spiro atoms. The number of aryl methyl sites for hydroxylation is 3. The second kappa shape index (κ2) is 8.95. The predicted molar refractivity (Wildman–Crippen MR) is 111 cm³/mol. The van der Waals surface area contributed by atoms with Gasteiger partial charge < -0.3 is 14.5 Å². The summed E-state index contributed by atoms with van der Waals surface area (Å²) in [5, 5.41) is 0. The summed E-state index contributed by atoms with van der Waals surface area (Å²) in [7, 11) is 0. The number of Topliss-reactive ketones (excluding diaryl/α,β-unsaturated/α-hetero) is 1. The maximum atomic E-state index is 12.9. The van der Waals surface area contributed by atoms with Crippen LogP contribution in [0, 0.1) is 13.8 Å². The van der Waals surface area contributed by atoms with Gasteiger partial charge in [-0.2, -0.15) is 0 Å². The molecule has 1 atom stereocenters. The van der Waals surface area contributed by atoms with E-state index < -0.39 is 18.0 Å². The lowest BCUT2D eigenvalue weighted by atomic mass is 10.1. The fourth-order valence-corrected chi connectivity index (χ4v) is 4.89. The van der Waals surface area contributed by atoms with Gasteiger partial charge >= 0.3 is 11.9 Å². The van der Waals surface area contributed by atoms with E-state index in [-0.39, 0.29) is 18.1 Å². The Labute approximate surface area is 174 Å². The van der Waals surface area contributed by atoms with E-state index >= 15 is 0 Å². The summed E-state index contributed by atoms with van der Waals surface area (Å²) >= 11 is 1.47. The van der Waals surface area contributed by atoms with Gasteiger partial charge in [0.25, 0.3) is 0 Å². The number of ether oxygens (including phenoxy) is 2. The van der Waals surface area contributed by atoms with Crippen LogP contribution in [0.5, 0.6) is 0 Å². The number of nitrogens with one attached hydrogen (secondary N) is 1. The maximum absolute atomic E-state index is 12.9. The molecule has 1 aliphatic rings. The highest BCUT2D eigenvalue weighted by Gasteiger charge is 2.28. The van der Waals surface area contributed by atoms with Gasteiger partial charge in [0.05, 0.1) is 17.9 Å². The van der Waals surface area contributed by atoms with Gasteiger partial charge in [0, 0.05) is 10.6 Å². The highest BCUT2D eigenvalue weighted by atomic mass is 32.1. The summed E-state index contributed by atoms with van der Waals surface area (Å²) < 4.78 is 10.5. The summed E-state index contributed by atoms with van der Waals surface area (Å²) in [6.45, 7) is 6.94. The van der Waals surface area contributed by atoms with Crippen molar-refractivity contribution in [3.63, 3.8) is 0 Å². The van der Waals surface area contributed by atoms with Crippen LogP contribution in [0.25, 0.3) is 0 Å². The fourth-order valence-electron chi connectivity index (χ4n) is 3.75. The SMILES string of the molecule is CCOC(=O)c1c(C)[nH]c(C(=O)[C@@H](C)OC(=O)c2cc3c(s2)CCCCC3)c1C. The van der Waals surface area contributed by atoms with Gasteiger partial charge in [-0.15, -0.1) is 11.3 Å². The quantitative estimate of drug-likeness (QED) is 0.423. The standard InChI is InChI=1S/C22H27NO5S/c1-5-27-22(26)18-12(2)19(23-13(18)3)20(24)14(4)28-21(25)17-11-15-9-7-6-8-10-16(15)29-17/h11,14,23H,5-10H2,1-4H3/t14-/m1/s1. The van der Waals surface area contributed by atoms with E-state index in [0.717, 1.165) is 25.7 Å². The summed E-state index contributed by atoms with van der Waals surface area (Å²) in [5.41, 5.74) is 2.93. The molecule has 0 saturated heterocycles. The molecular formula is C22H27NO5S. The van der Waals surface area contributed by atoms with Crippen molar-refractivity contribution in [2.75, 3.05) is 6.61 Å². The Hall–Kier alpha value is -2.41. The van der Waals surface area contributed by atoms with Gasteiger partial charge in [-0.05, 0) is 70.6 Å². The van der Waals surface area contributed by atoms with Crippen LogP contribution in [0.3, 0.4) is 0 Å². The third-order valence-corrected chi connectivity index (χ3v) is 6.48. The van der Waals surface area contributed by atoms with Crippen LogP contribution < -0.4 is 0 Å². The first kappa shape index (κ1) is 21.3. The Kier molecular flexibility index (Phi) is 6.57. The van der Waals surface area contributed by atoms with Gasteiger partial charge in [0.15, 0.2) is 6.10 Å². The molecule has 0 saturated carbocycles. The molecule has 0 amide bonds. The topological polar surface area (TPSA) is 85.5 Å². The molecule has 156 valence electrons. The van der Waals surface area contributed by atoms with Crippen LogP contribution in [-0.4, -0.2) is 35.4 Å². The van der Waals surface area contributed by atoms with Gasteiger partial charge in [-0.1, -0.05) is 6.42 Å². The molecule has 1 N–H and O–H groups in total. The largest absolute Gasteiger partial charge is 0.462 e. The van der Waals surface area contributed by atoms with Crippen molar-refractivity contribution in [2.45, 2.75) is 65.9 Å². The van der Waals surface area contributed by atoms with Crippen LogP contribution in [-0.2, 0) is 22.3 Å². The lowest BCUT2D eigenvalue weighted by Gasteiger charge is -2.11. The number of fused-ring (bicyclic) bond motifs is 1. The average Bonchev–Trinajstić information content (AvgIpc) is 3.13. The van der Waals surface area contributed by atoms with Crippen molar-refractivity contribution >= 4 is 29.1 Å². The van der Waals surface area contributed by atoms with Crippen LogP contribution in [0.1, 0.15) is 85.3 Å². The highest BCUT2D eigenvalue weighted by Crippen LogP contribution is 2.30. The Morgan fingerprint density at radius 3 is 2.59 bits per heavy atom. The Bertz CT molecular complexity index is 916. The molecule has 0 bridgehead atoms. The summed E-state index contributed by atoms with van der Waals surface area (Å²) in [5.74, 6) is -1.31. The van der Waals surface area contributed by atoms with E-state index in [9.17, 15) is 14.4 Å². The molecule has 1 aliphatic carbocycles. The molecule has 3 rings (SSSR count). The van der Waals surface area contributed by atoms with Crippen molar-refractivity contribution in [3.05, 3.63) is 43.9 Å². The number of carbonyl (C=O) groups excluding carboxylic acids is 3. The highest BCUT2D eigenvalue weighted by molar-refractivity contribution is 7.14. The molecule has 2 heterocycles. The van der Waals surface area contributed by atoms with Crippen molar-refractivity contribution in [1.29, 1.82) is 0 Å². The van der Waals surface area contributed by atoms with Crippen molar-refractivity contribution < 1.29 is 23.9 Å². The molecule has 6 nitrogen and oxygen atoms in total. The van der Waals surface area contributed by atoms with E-state index in [2.05, 4.69) is 4.98 Å². The van der Waals surface area contributed by atoms with Crippen LogP contribution in [0.2, 0.25) is 0 Å². The monoisotopic (exact) mass is 417 g/mol. The second-order valence-electron chi connectivity index (χ2n) is 7.38. The first-order chi connectivity index (χ1) is 13.8. The number of H-pyrrole nitrogens is 1. The molecule has 0 aliphatic heterocycles. The Morgan fingerprint density at radius 2 is 1.86 bits per heavy atom. The molecule has 2 aromatic rings. The lowest BCUT2D eigenvalue weighted by Crippen LogP contribution is -2.25. The maximum Gasteiger partial charge on any atom is 0.349 e. The van der Waals surface area contributed by atoms with Crippen LogP contribution >= 0.6 is 11.3 Å². The van der Waals surface area contributed by atoms with Crippen molar-refractivity contribution in [1.82, 2.24) is 4.98 Å². The average molecular weight is 418 g/mol. The molecule has 0 aromatic carbocycles. The minimum Gasteiger partial charge on any atom is -0.462 e. The summed E-state index contributed by atoms with van der Waals surface area (Å²) in [6, 6.07) is 1.91. The van der Waals surface area contributed by atoms with E-state index in [1.54, 1.807) is 27.7 Å². The molecule has 0 unspecified atom stereocenters. The van der Waals surface area contributed by atoms with E-state index in [1.807, 2.05) is 6.07 Å². The number of carbonyl (C=O) groups is 3. The first-order valence-corrected chi connectivity index (χ1v) is 10.9. The normalized spacial score (nSPS) is 14.6. The number of aromatic amines is 1. The minimum absolute atomic E-state index is 0.255. The number of ketones is 1. The lowest BCUT2D eigenvalue weighted by molar-refractivity contribution is 0.0321. The summed E-state index contributed by atoms with van der Waals surface area (Å²) in [4.78, 5) is 42.3. The molecule has 29 heavy (non-hydrogen) atoms. The molecule has 0 radical (unpaired) electrons. The molecule has 2 aromatic heterocycles. The van der Waals surface area contributed by atoms with Crippen molar-refractivity contribution in [3.8, 4) is 0 Å². The third kappa shape index (κ3) is 4.45. The van der Waals surface area contributed by atoms with Crippen molar-refractivity contribution in [2.24, 2.45) is 0 Å².